The average Bonchev–Trinajstić information content (AvgIpc) is 3.22. The van der Waals surface area contributed by atoms with E-state index in [9.17, 15) is 38.4 Å². The minimum Gasteiger partial charge on any atom is -0.459 e. The molecule has 2 fully saturated rings. The SMILES string of the molecule is [CH]C(CC(=O)ON1C(=O)CCC1=O)OC(=O)COC(=O)OC(C)CC(=O)ON1C(=O)CCC1=O. The number of hydrogen-bond acceptors (Lipinski definition) is 13. The van der Waals surface area contributed by atoms with Crippen molar-refractivity contribution in [3.8, 4) is 0 Å². The number of esters is 1. The Hall–Kier alpha value is -4.04. The lowest BCUT2D eigenvalue weighted by Crippen LogP contribution is -2.34. The van der Waals surface area contributed by atoms with Gasteiger partial charge in [0.1, 0.15) is 12.2 Å². The zero-order valence-electron chi connectivity index (χ0n) is 17.9. The van der Waals surface area contributed by atoms with E-state index < -0.39 is 79.3 Å². The third-order valence-electron chi connectivity index (χ3n) is 4.11. The van der Waals surface area contributed by atoms with Crippen LogP contribution in [0, 0.1) is 6.92 Å². The van der Waals surface area contributed by atoms with Gasteiger partial charge < -0.3 is 23.9 Å². The highest BCUT2D eigenvalue weighted by Crippen LogP contribution is 2.14. The van der Waals surface area contributed by atoms with Crippen molar-refractivity contribution in [3.63, 3.8) is 0 Å². The molecule has 0 aliphatic carbocycles. The summed E-state index contributed by atoms with van der Waals surface area (Å²) in [6, 6.07) is 0. The number of nitrogens with zero attached hydrogens (tertiary/aromatic N) is 2. The molecule has 2 saturated heterocycles. The first-order valence-corrected chi connectivity index (χ1v) is 9.88. The van der Waals surface area contributed by atoms with Gasteiger partial charge in [-0.2, -0.15) is 0 Å². The van der Waals surface area contributed by atoms with E-state index in [4.69, 9.17) is 11.7 Å². The standard InChI is InChI=1S/C19H20N2O13/c1-10(7-16(26)33-20-12(22)3-4-13(20)23)31-18(28)9-30-19(29)32-11(2)8-17(27)34-21-14(24)5-6-15(21)25/h1,10-11H,3-9H2,2H3. The minimum absolute atomic E-state index is 0.0801. The molecule has 0 aromatic carbocycles. The topological polar surface area (TPSA) is 189 Å². The van der Waals surface area contributed by atoms with Crippen LogP contribution >= 0.6 is 0 Å². The van der Waals surface area contributed by atoms with Gasteiger partial charge in [-0.15, -0.1) is 10.1 Å². The third-order valence-corrected chi connectivity index (χ3v) is 4.11. The second-order valence-corrected chi connectivity index (χ2v) is 6.99. The van der Waals surface area contributed by atoms with Gasteiger partial charge in [0.15, 0.2) is 6.61 Å². The van der Waals surface area contributed by atoms with Crippen LogP contribution in [0.25, 0.3) is 0 Å². The largest absolute Gasteiger partial charge is 0.509 e. The monoisotopic (exact) mass is 484 g/mol. The Morgan fingerprint density at radius 3 is 1.68 bits per heavy atom. The summed E-state index contributed by atoms with van der Waals surface area (Å²) >= 11 is 0. The number of hydrogen-bond donors (Lipinski definition) is 0. The Bertz CT molecular complexity index is 795. The van der Waals surface area contributed by atoms with Crippen LogP contribution in [0.1, 0.15) is 45.4 Å². The van der Waals surface area contributed by atoms with E-state index in [0.717, 1.165) is 0 Å². The Morgan fingerprint density at radius 2 is 1.21 bits per heavy atom. The first-order valence-electron chi connectivity index (χ1n) is 9.88. The van der Waals surface area contributed by atoms with Crippen LogP contribution in [0.4, 0.5) is 4.79 Å². The number of amides is 4. The van der Waals surface area contributed by atoms with Gasteiger partial charge in [0.2, 0.25) is 0 Å². The van der Waals surface area contributed by atoms with Crippen molar-refractivity contribution >= 4 is 47.7 Å². The summed E-state index contributed by atoms with van der Waals surface area (Å²) in [5, 5.41) is 0.636. The molecule has 2 atom stereocenters. The summed E-state index contributed by atoms with van der Waals surface area (Å²) in [4.78, 5) is 101. The van der Waals surface area contributed by atoms with Gasteiger partial charge in [-0.05, 0) is 6.92 Å². The van der Waals surface area contributed by atoms with E-state index in [-0.39, 0.29) is 25.7 Å². The molecule has 0 N–H and O–H groups in total. The van der Waals surface area contributed by atoms with Crippen LogP contribution in [0.15, 0.2) is 0 Å². The summed E-state index contributed by atoms with van der Waals surface area (Å²) in [5.41, 5.74) is 0. The summed E-state index contributed by atoms with van der Waals surface area (Å²) in [6.45, 7) is 5.76. The van der Waals surface area contributed by atoms with Gasteiger partial charge in [0, 0.05) is 32.6 Å². The molecule has 0 aromatic heterocycles. The summed E-state index contributed by atoms with van der Waals surface area (Å²) in [7, 11) is 0. The van der Waals surface area contributed by atoms with Crippen molar-refractivity contribution in [1.82, 2.24) is 10.1 Å². The van der Waals surface area contributed by atoms with Crippen molar-refractivity contribution in [2.75, 3.05) is 6.61 Å². The van der Waals surface area contributed by atoms with Crippen LogP contribution in [-0.2, 0) is 57.4 Å². The molecule has 0 aromatic rings. The van der Waals surface area contributed by atoms with Crippen LogP contribution in [0.2, 0.25) is 0 Å². The van der Waals surface area contributed by atoms with E-state index >= 15 is 0 Å². The second kappa shape index (κ2) is 11.7. The van der Waals surface area contributed by atoms with E-state index in [1.54, 1.807) is 0 Å². The molecule has 2 heterocycles. The molecular weight excluding hydrogens is 464 g/mol. The third kappa shape index (κ3) is 7.83. The van der Waals surface area contributed by atoms with Gasteiger partial charge in [-0.1, -0.05) is 0 Å². The van der Waals surface area contributed by atoms with Gasteiger partial charge in [0.25, 0.3) is 23.6 Å². The minimum atomic E-state index is -1.53. The zero-order valence-corrected chi connectivity index (χ0v) is 17.9. The molecule has 2 unspecified atom stereocenters. The highest BCUT2D eigenvalue weighted by atomic mass is 16.7. The molecule has 2 radical (unpaired) electrons. The maximum absolute atomic E-state index is 11.7. The number of imide groups is 2. The molecule has 2 aliphatic heterocycles. The Labute approximate surface area is 192 Å². The van der Waals surface area contributed by atoms with Gasteiger partial charge in [-0.3, -0.25) is 19.2 Å². The van der Waals surface area contributed by atoms with E-state index in [0.29, 0.717) is 10.1 Å². The lowest BCUT2D eigenvalue weighted by Gasteiger charge is -2.16. The van der Waals surface area contributed by atoms with E-state index in [1.165, 1.54) is 6.92 Å². The Kier molecular flexibility index (Phi) is 9.03. The molecule has 15 heteroatoms. The fourth-order valence-electron chi connectivity index (χ4n) is 2.60. The molecular formula is C19H20N2O13. The van der Waals surface area contributed by atoms with Crippen molar-refractivity contribution in [2.45, 2.75) is 57.7 Å². The van der Waals surface area contributed by atoms with E-state index in [2.05, 4.69) is 19.1 Å². The smallest absolute Gasteiger partial charge is 0.459 e. The van der Waals surface area contributed by atoms with Crippen LogP contribution in [0.5, 0.6) is 0 Å². The normalized spacial score (nSPS) is 17.4. The van der Waals surface area contributed by atoms with Crippen LogP contribution in [0.3, 0.4) is 0 Å². The van der Waals surface area contributed by atoms with Gasteiger partial charge >= 0.3 is 24.1 Å². The molecule has 0 bridgehead atoms. The first kappa shape index (κ1) is 26.2. The maximum atomic E-state index is 11.7. The quantitative estimate of drug-likeness (QED) is 0.275. The molecule has 0 saturated carbocycles. The summed E-state index contributed by atoms with van der Waals surface area (Å²) in [5.74, 6) is -6.03. The fraction of sp³-hybridized carbons (Fsp3) is 0.526. The highest BCUT2D eigenvalue weighted by Gasteiger charge is 2.34. The molecule has 0 spiro atoms. The van der Waals surface area contributed by atoms with Crippen LogP contribution < -0.4 is 0 Å². The van der Waals surface area contributed by atoms with E-state index in [1.807, 2.05) is 0 Å². The van der Waals surface area contributed by atoms with Gasteiger partial charge in [-0.25, -0.2) is 19.2 Å². The zero-order chi connectivity index (χ0) is 25.4. The van der Waals surface area contributed by atoms with Crippen molar-refractivity contribution < 1.29 is 62.2 Å². The number of ether oxygens (including phenoxy) is 3. The molecule has 184 valence electrons. The van der Waals surface area contributed by atoms with Crippen molar-refractivity contribution in [1.29, 1.82) is 0 Å². The Balaban J connectivity index is 1.63. The maximum Gasteiger partial charge on any atom is 0.509 e. The highest BCUT2D eigenvalue weighted by molar-refractivity contribution is 6.02. The lowest BCUT2D eigenvalue weighted by molar-refractivity contribution is -0.199. The lowest BCUT2D eigenvalue weighted by atomic mass is 10.3. The second-order valence-electron chi connectivity index (χ2n) is 6.99. The molecule has 4 amide bonds. The fourth-order valence-corrected chi connectivity index (χ4v) is 2.60. The summed E-state index contributed by atoms with van der Waals surface area (Å²) in [6.07, 6.45) is -5.57. The predicted octanol–water partition coefficient (Wildman–Crippen LogP) is -0.854. The number of rotatable bonds is 10. The van der Waals surface area contributed by atoms with Gasteiger partial charge in [0.05, 0.1) is 12.8 Å². The molecule has 2 rings (SSSR count). The van der Waals surface area contributed by atoms with Crippen LogP contribution in [-0.4, -0.2) is 76.6 Å². The molecule has 34 heavy (non-hydrogen) atoms. The number of hydroxylamine groups is 4. The number of carbonyl (C=O) groups excluding carboxylic acids is 8. The molecule has 15 nitrogen and oxygen atoms in total. The Morgan fingerprint density at radius 1 is 0.765 bits per heavy atom. The number of carbonyl (C=O) groups is 8. The summed E-state index contributed by atoms with van der Waals surface area (Å²) < 4.78 is 13.8. The average molecular weight is 484 g/mol. The van der Waals surface area contributed by atoms with Crippen molar-refractivity contribution in [2.24, 2.45) is 0 Å². The van der Waals surface area contributed by atoms with Crippen molar-refractivity contribution in [3.05, 3.63) is 6.92 Å². The first-order chi connectivity index (χ1) is 16.0. The molecule has 2 aliphatic rings. The predicted molar refractivity (Wildman–Crippen MR) is 99.7 cm³/mol.